The summed E-state index contributed by atoms with van der Waals surface area (Å²) in [5.74, 6) is 0.797. The number of nitrogens with one attached hydrogen (secondary N) is 1. The summed E-state index contributed by atoms with van der Waals surface area (Å²) >= 11 is 0. The predicted octanol–water partition coefficient (Wildman–Crippen LogP) is 2.10. The van der Waals surface area contributed by atoms with Gasteiger partial charge in [-0.25, -0.2) is 4.98 Å². The summed E-state index contributed by atoms with van der Waals surface area (Å²) in [5, 5.41) is 0. The molecule has 0 saturated carbocycles. The summed E-state index contributed by atoms with van der Waals surface area (Å²) in [6.07, 6.45) is 1.95. The second kappa shape index (κ2) is 7.72. The summed E-state index contributed by atoms with van der Waals surface area (Å²) < 4.78 is 5.21. The van der Waals surface area contributed by atoms with Crippen LogP contribution < -0.4 is 4.74 Å². The maximum Gasteiger partial charge on any atom is 0.254 e. The second-order valence-corrected chi connectivity index (χ2v) is 6.84. The molecule has 1 N–H and O–H groups in total. The molecule has 4 rings (SSSR count). The highest BCUT2D eigenvalue weighted by Crippen LogP contribution is 2.16. The zero-order valence-electron chi connectivity index (χ0n) is 15.7. The van der Waals surface area contributed by atoms with Crippen LogP contribution in [0.25, 0.3) is 11.0 Å². The number of aromatic amines is 1. The maximum atomic E-state index is 12.8. The topological polar surface area (TPSA) is 78.5 Å². The highest BCUT2D eigenvalue weighted by atomic mass is 16.5. The molecule has 2 amide bonds. The van der Waals surface area contributed by atoms with E-state index in [-0.39, 0.29) is 11.8 Å². The number of nitrogens with zero attached hydrogens (tertiary/aromatic N) is 3. The van der Waals surface area contributed by atoms with E-state index in [0.29, 0.717) is 38.2 Å². The Balaban J connectivity index is 1.35. The second-order valence-electron chi connectivity index (χ2n) is 6.84. The van der Waals surface area contributed by atoms with Crippen LogP contribution in [-0.2, 0) is 11.2 Å². The third-order valence-electron chi connectivity index (χ3n) is 5.08. The Kier molecular flexibility index (Phi) is 4.97. The number of methoxy groups -OCH3 is 1. The fourth-order valence-corrected chi connectivity index (χ4v) is 3.48. The molecule has 2 aromatic carbocycles. The molecule has 1 aliphatic rings. The first kappa shape index (κ1) is 18.0. The molecule has 0 radical (unpaired) electrons. The Bertz CT molecular complexity index is 1010. The normalized spacial score (nSPS) is 14.3. The van der Waals surface area contributed by atoms with Crippen LogP contribution in [-0.4, -0.2) is 64.9 Å². The first-order valence-corrected chi connectivity index (χ1v) is 9.27. The van der Waals surface area contributed by atoms with Crippen molar-refractivity contribution < 1.29 is 14.3 Å². The van der Waals surface area contributed by atoms with Crippen molar-refractivity contribution in [3.8, 4) is 5.75 Å². The fraction of sp³-hybridized carbons (Fsp3) is 0.286. The zero-order valence-corrected chi connectivity index (χ0v) is 15.7. The highest BCUT2D eigenvalue weighted by molar-refractivity contribution is 5.97. The zero-order chi connectivity index (χ0) is 19.5. The van der Waals surface area contributed by atoms with E-state index in [9.17, 15) is 9.59 Å². The lowest BCUT2D eigenvalue weighted by molar-refractivity contribution is -0.131. The molecule has 3 aromatic rings. The Morgan fingerprint density at radius 1 is 1.07 bits per heavy atom. The summed E-state index contributed by atoms with van der Waals surface area (Å²) in [5.41, 5.74) is 3.24. The molecule has 0 unspecified atom stereocenters. The molecule has 7 heteroatoms. The monoisotopic (exact) mass is 378 g/mol. The van der Waals surface area contributed by atoms with E-state index < -0.39 is 0 Å². The van der Waals surface area contributed by atoms with Gasteiger partial charge in [-0.15, -0.1) is 0 Å². The minimum absolute atomic E-state index is 0.0172. The number of H-pyrrole nitrogens is 1. The molecule has 144 valence electrons. The molecule has 1 saturated heterocycles. The SMILES string of the molecule is COc1cccc(CC(=O)N2CCN(C(=O)c3ccc4nc[nH]c4c3)CC2)c1. The molecule has 28 heavy (non-hydrogen) atoms. The molecule has 0 bridgehead atoms. The first-order valence-electron chi connectivity index (χ1n) is 9.27. The molecule has 2 heterocycles. The Morgan fingerprint density at radius 2 is 1.86 bits per heavy atom. The molecule has 1 aliphatic heterocycles. The van der Waals surface area contributed by atoms with Crippen LogP contribution in [0.1, 0.15) is 15.9 Å². The van der Waals surface area contributed by atoms with Gasteiger partial charge in [0, 0.05) is 31.7 Å². The van der Waals surface area contributed by atoms with Crippen molar-refractivity contribution in [1.82, 2.24) is 19.8 Å². The maximum absolute atomic E-state index is 12.8. The van der Waals surface area contributed by atoms with Crippen LogP contribution in [0.15, 0.2) is 48.8 Å². The largest absolute Gasteiger partial charge is 0.497 e. The molecule has 7 nitrogen and oxygen atoms in total. The Hall–Kier alpha value is -3.35. The van der Waals surface area contributed by atoms with Crippen molar-refractivity contribution in [2.24, 2.45) is 0 Å². The van der Waals surface area contributed by atoms with Crippen LogP contribution in [0.5, 0.6) is 5.75 Å². The van der Waals surface area contributed by atoms with Gasteiger partial charge in [-0.2, -0.15) is 0 Å². The number of ether oxygens (including phenoxy) is 1. The Morgan fingerprint density at radius 3 is 2.64 bits per heavy atom. The van der Waals surface area contributed by atoms with Gasteiger partial charge in [0.15, 0.2) is 0 Å². The molecule has 0 aliphatic carbocycles. The average molecular weight is 378 g/mol. The smallest absolute Gasteiger partial charge is 0.254 e. The van der Waals surface area contributed by atoms with E-state index in [4.69, 9.17) is 4.74 Å². The minimum Gasteiger partial charge on any atom is -0.497 e. The lowest BCUT2D eigenvalue weighted by atomic mass is 10.1. The van der Waals surface area contributed by atoms with Gasteiger partial charge in [-0.1, -0.05) is 12.1 Å². The number of aromatic nitrogens is 2. The standard InChI is InChI=1S/C21H22N4O3/c1-28-17-4-2-3-15(11-17)12-20(26)24-7-9-25(10-8-24)21(27)16-5-6-18-19(13-16)23-14-22-18/h2-6,11,13-14H,7-10,12H2,1H3,(H,22,23). The number of carbonyl (C=O) groups excluding carboxylic acids is 2. The number of piperazine rings is 1. The van der Waals surface area contributed by atoms with E-state index in [1.807, 2.05) is 41.3 Å². The van der Waals surface area contributed by atoms with Crippen LogP contribution in [0, 0.1) is 0 Å². The van der Waals surface area contributed by atoms with Crippen molar-refractivity contribution in [1.29, 1.82) is 0 Å². The van der Waals surface area contributed by atoms with Crippen molar-refractivity contribution in [2.75, 3.05) is 33.3 Å². The molecule has 0 spiro atoms. The molecular formula is C21H22N4O3. The average Bonchev–Trinajstić information content (AvgIpc) is 3.21. The van der Waals surface area contributed by atoms with Crippen LogP contribution >= 0.6 is 0 Å². The van der Waals surface area contributed by atoms with Gasteiger partial charge in [-0.05, 0) is 35.9 Å². The number of carbonyl (C=O) groups is 2. The van der Waals surface area contributed by atoms with Crippen molar-refractivity contribution in [2.45, 2.75) is 6.42 Å². The number of benzene rings is 2. The highest BCUT2D eigenvalue weighted by Gasteiger charge is 2.25. The predicted molar refractivity (Wildman–Crippen MR) is 105 cm³/mol. The van der Waals surface area contributed by atoms with Crippen molar-refractivity contribution in [3.63, 3.8) is 0 Å². The van der Waals surface area contributed by atoms with Gasteiger partial charge in [0.25, 0.3) is 5.91 Å². The summed E-state index contributed by atoms with van der Waals surface area (Å²) in [7, 11) is 1.61. The van der Waals surface area contributed by atoms with Gasteiger partial charge in [0.2, 0.25) is 5.91 Å². The van der Waals surface area contributed by atoms with Crippen molar-refractivity contribution >= 4 is 22.8 Å². The number of rotatable bonds is 4. The number of fused-ring (bicyclic) bond motifs is 1. The van der Waals surface area contributed by atoms with E-state index >= 15 is 0 Å². The minimum atomic E-state index is -0.0172. The van der Waals surface area contributed by atoms with Crippen LogP contribution in [0.2, 0.25) is 0 Å². The number of amides is 2. The van der Waals surface area contributed by atoms with Gasteiger partial charge >= 0.3 is 0 Å². The first-order chi connectivity index (χ1) is 13.6. The molecule has 1 aromatic heterocycles. The van der Waals surface area contributed by atoms with E-state index in [2.05, 4.69) is 9.97 Å². The van der Waals surface area contributed by atoms with E-state index in [1.54, 1.807) is 24.4 Å². The van der Waals surface area contributed by atoms with Crippen molar-refractivity contribution in [3.05, 3.63) is 59.9 Å². The summed E-state index contributed by atoms with van der Waals surface area (Å²) in [6.45, 7) is 2.15. The molecule has 0 atom stereocenters. The van der Waals surface area contributed by atoms with Gasteiger partial charge in [0.1, 0.15) is 5.75 Å². The van der Waals surface area contributed by atoms with Gasteiger partial charge in [-0.3, -0.25) is 9.59 Å². The lowest BCUT2D eigenvalue weighted by Gasteiger charge is -2.35. The number of hydrogen-bond donors (Lipinski definition) is 1. The molecule has 1 fully saturated rings. The summed E-state index contributed by atoms with van der Waals surface area (Å²) in [6, 6.07) is 13.0. The fourth-order valence-electron chi connectivity index (χ4n) is 3.48. The van der Waals surface area contributed by atoms with Gasteiger partial charge in [0.05, 0.1) is 30.9 Å². The third kappa shape index (κ3) is 3.69. The lowest BCUT2D eigenvalue weighted by Crippen LogP contribution is -2.51. The molecular weight excluding hydrogens is 356 g/mol. The van der Waals surface area contributed by atoms with E-state index in [0.717, 1.165) is 22.3 Å². The van der Waals surface area contributed by atoms with Crippen LogP contribution in [0.4, 0.5) is 0 Å². The number of imidazole rings is 1. The van der Waals surface area contributed by atoms with Crippen LogP contribution in [0.3, 0.4) is 0 Å². The quantitative estimate of drug-likeness (QED) is 0.754. The third-order valence-corrected chi connectivity index (χ3v) is 5.08. The van der Waals surface area contributed by atoms with Gasteiger partial charge < -0.3 is 19.5 Å². The number of hydrogen-bond acceptors (Lipinski definition) is 4. The summed E-state index contributed by atoms with van der Waals surface area (Å²) in [4.78, 5) is 36.2. The van der Waals surface area contributed by atoms with E-state index in [1.165, 1.54) is 0 Å². The Labute approximate surface area is 162 Å².